The van der Waals surface area contributed by atoms with E-state index in [-0.39, 0.29) is 13.2 Å². The first-order valence-corrected chi connectivity index (χ1v) is 14.5. The highest BCUT2D eigenvalue weighted by molar-refractivity contribution is 5.87. The second-order valence-corrected chi connectivity index (χ2v) is 9.84. The molecule has 0 spiro atoms. The molecule has 0 aromatic rings. The van der Waals surface area contributed by atoms with E-state index >= 15 is 0 Å². The van der Waals surface area contributed by atoms with E-state index in [0.29, 0.717) is 11.1 Å². The van der Waals surface area contributed by atoms with Crippen molar-refractivity contribution in [1.29, 1.82) is 0 Å². The van der Waals surface area contributed by atoms with Crippen LogP contribution in [0.2, 0.25) is 0 Å². The van der Waals surface area contributed by atoms with E-state index in [1.807, 2.05) is 0 Å². The lowest BCUT2D eigenvalue weighted by Gasteiger charge is -2.05. The van der Waals surface area contributed by atoms with E-state index < -0.39 is 11.9 Å². The van der Waals surface area contributed by atoms with Crippen molar-refractivity contribution in [3.05, 3.63) is 24.3 Å². The van der Waals surface area contributed by atoms with Gasteiger partial charge >= 0.3 is 11.9 Å². The lowest BCUT2D eigenvalue weighted by Crippen LogP contribution is -2.14. The van der Waals surface area contributed by atoms with Gasteiger partial charge in [-0.1, -0.05) is 149 Å². The van der Waals surface area contributed by atoms with Crippen LogP contribution in [0.5, 0.6) is 0 Å². The molecule has 206 valence electrons. The summed E-state index contributed by atoms with van der Waals surface area (Å²) in [5.74, 6) is -0.979. The van der Waals surface area contributed by atoms with Gasteiger partial charge in [0.15, 0.2) is 0 Å². The first-order valence-electron chi connectivity index (χ1n) is 14.5. The lowest BCUT2D eigenvalue weighted by atomic mass is 10.0. The topological polar surface area (TPSA) is 52.6 Å². The minimum atomic E-state index is -0.489. The zero-order chi connectivity index (χ0) is 26.6. The predicted octanol–water partition coefficient (Wildman–Crippen LogP) is 9.66. The Bertz CT molecular complexity index is 478. The first kappa shape index (κ1) is 35.6. The van der Waals surface area contributed by atoms with E-state index in [1.165, 1.54) is 122 Å². The Labute approximate surface area is 218 Å². The molecule has 0 aromatic carbocycles. The molecule has 0 heterocycles. The highest BCUT2D eigenvalue weighted by Crippen LogP contribution is 2.14. The van der Waals surface area contributed by atoms with Crippen LogP contribution in [0.3, 0.4) is 0 Å². The zero-order valence-corrected chi connectivity index (χ0v) is 23.9. The molecule has 0 aliphatic rings. The number of unbranched alkanes of at least 4 members (excludes halogenated alkanes) is 18. The summed E-state index contributed by atoms with van der Waals surface area (Å²) >= 11 is 0. The Morgan fingerprint density at radius 3 is 0.829 bits per heavy atom. The van der Waals surface area contributed by atoms with Gasteiger partial charge in [0.25, 0.3) is 0 Å². The minimum absolute atomic E-state index is 0.0325. The van der Waals surface area contributed by atoms with Crippen molar-refractivity contribution in [2.24, 2.45) is 0 Å². The van der Waals surface area contributed by atoms with Gasteiger partial charge < -0.3 is 9.47 Å². The molecule has 35 heavy (non-hydrogen) atoms. The number of hydrogen-bond acceptors (Lipinski definition) is 4. The fraction of sp³-hybridized carbons (Fsp3) is 0.806. The SMILES string of the molecule is C=C(C)C(=O)OCCOC(=O)C(=C)C.CCCCCCCCCCCCCCCCCCCCC. The molecule has 0 rings (SSSR count). The monoisotopic (exact) mass is 494 g/mol. The summed E-state index contributed by atoms with van der Waals surface area (Å²) in [6.45, 7) is 14.6. The molecular formula is C31H58O4. The maximum Gasteiger partial charge on any atom is 0.333 e. The fourth-order valence-electron chi connectivity index (χ4n) is 3.67. The van der Waals surface area contributed by atoms with Gasteiger partial charge in [-0.2, -0.15) is 0 Å². The van der Waals surface area contributed by atoms with E-state index in [4.69, 9.17) is 0 Å². The summed E-state index contributed by atoms with van der Waals surface area (Å²) in [7, 11) is 0. The largest absolute Gasteiger partial charge is 0.459 e. The standard InChI is InChI=1S/C21H44.C10H14O4/c1-3-5-7-9-11-13-15-17-19-21-20-18-16-14-12-10-8-6-4-2;1-7(2)9(11)13-5-6-14-10(12)8(3)4/h3-21H2,1-2H3;1,3,5-6H2,2,4H3. The Balaban J connectivity index is 0. The molecule has 0 saturated carbocycles. The number of ether oxygens (including phenoxy) is 2. The van der Waals surface area contributed by atoms with Gasteiger partial charge in [0, 0.05) is 11.1 Å². The molecule has 0 bridgehead atoms. The molecule has 0 N–H and O–H groups in total. The minimum Gasteiger partial charge on any atom is -0.459 e. The van der Waals surface area contributed by atoms with E-state index in [9.17, 15) is 9.59 Å². The van der Waals surface area contributed by atoms with Crippen LogP contribution < -0.4 is 0 Å². The summed E-state index contributed by atoms with van der Waals surface area (Å²) in [5.41, 5.74) is 0.632. The summed E-state index contributed by atoms with van der Waals surface area (Å²) in [5, 5.41) is 0. The summed E-state index contributed by atoms with van der Waals surface area (Å²) in [4.78, 5) is 21.7. The van der Waals surface area contributed by atoms with Crippen molar-refractivity contribution in [2.75, 3.05) is 13.2 Å². The Morgan fingerprint density at radius 2 is 0.657 bits per heavy atom. The quantitative estimate of drug-likeness (QED) is 0.0805. The molecule has 0 radical (unpaired) electrons. The van der Waals surface area contributed by atoms with Crippen LogP contribution in [0.4, 0.5) is 0 Å². The van der Waals surface area contributed by atoms with Crippen molar-refractivity contribution >= 4 is 11.9 Å². The lowest BCUT2D eigenvalue weighted by molar-refractivity contribution is -0.147. The van der Waals surface area contributed by atoms with Gasteiger partial charge in [-0.25, -0.2) is 9.59 Å². The second kappa shape index (κ2) is 28.7. The Kier molecular flexibility index (Phi) is 29.1. The van der Waals surface area contributed by atoms with Crippen LogP contribution in [0.1, 0.15) is 150 Å². The van der Waals surface area contributed by atoms with Gasteiger partial charge in [0.05, 0.1) is 0 Å². The van der Waals surface area contributed by atoms with E-state index in [0.717, 1.165) is 0 Å². The highest BCUT2D eigenvalue weighted by Gasteiger charge is 2.05. The van der Waals surface area contributed by atoms with Crippen molar-refractivity contribution in [3.63, 3.8) is 0 Å². The number of hydrogen-bond donors (Lipinski definition) is 0. The normalized spacial score (nSPS) is 10.3. The average Bonchev–Trinajstić information content (AvgIpc) is 2.83. The van der Waals surface area contributed by atoms with E-state index in [2.05, 4.69) is 36.5 Å². The first-order chi connectivity index (χ1) is 16.9. The van der Waals surface area contributed by atoms with Crippen LogP contribution >= 0.6 is 0 Å². The molecule has 4 heteroatoms. The van der Waals surface area contributed by atoms with Crippen LogP contribution in [-0.4, -0.2) is 25.2 Å². The Morgan fingerprint density at radius 1 is 0.457 bits per heavy atom. The maximum absolute atomic E-state index is 10.8. The van der Waals surface area contributed by atoms with Gasteiger partial charge in [-0.05, 0) is 13.8 Å². The number of carbonyl (C=O) groups excluding carboxylic acids is 2. The second-order valence-electron chi connectivity index (χ2n) is 9.84. The van der Waals surface area contributed by atoms with Crippen LogP contribution in [-0.2, 0) is 19.1 Å². The summed E-state index contributed by atoms with van der Waals surface area (Å²) in [6.07, 6.45) is 27.9. The van der Waals surface area contributed by atoms with E-state index in [1.54, 1.807) is 13.8 Å². The van der Waals surface area contributed by atoms with Crippen molar-refractivity contribution in [3.8, 4) is 0 Å². The van der Waals surface area contributed by atoms with Crippen LogP contribution in [0.15, 0.2) is 24.3 Å². The summed E-state index contributed by atoms with van der Waals surface area (Å²) in [6, 6.07) is 0. The third kappa shape index (κ3) is 30.4. The fourth-order valence-corrected chi connectivity index (χ4v) is 3.67. The predicted molar refractivity (Wildman–Crippen MR) is 151 cm³/mol. The average molecular weight is 495 g/mol. The number of esters is 2. The third-order valence-electron chi connectivity index (χ3n) is 5.95. The van der Waals surface area contributed by atoms with Gasteiger partial charge in [0.2, 0.25) is 0 Å². The molecule has 0 saturated heterocycles. The molecular weight excluding hydrogens is 436 g/mol. The van der Waals surface area contributed by atoms with Crippen LogP contribution in [0.25, 0.3) is 0 Å². The van der Waals surface area contributed by atoms with Crippen molar-refractivity contribution < 1.29 is 19.1 Å². The van der Waals surface area contributed by atoms with Crippen LogP contribution in [0, 0.1) is 0 Å². The molecule has 0 atom stereocenters. The maximum atomic E-state index is 10.8. The molecule has 0 amide bonds. The molecule has 4 nitrogen and oxygen atoms in total. The van der Waals surface area contributed by atoms with Gasteiger partial charge in [-0.15, -0.1) is 0 Å². The molecule has 0 aliphatic heterocycles. The van der Waals surface area contributed by atoms with Gasteiger partial charge in [-0.3, -0.25) is 0 Å². The molecule has 0 fully saturated rings. The third-order valence-corrected chi connectivity index (χ3v) is 5.95. The van der Waals surface area contributed by atoms with Crippen molar-refractivity contribution in [2.45, 2.75) is 150 Å². The molecule has 0 aliphatic carbocycles. The summed E-state index contributed by atoms with van der Waals surface area (Å²) < 4.78 is 9.38. The zero-order valence-electron chi connectivity index (χ0n) is 23.9. The molecule has 0 aromatic heterocycles. The smallest absolute Gasteiger partial charge is 0.333 e. The van der Waals surface area contributed by atoms with Gasteiger partial charge in [0.1, 0.15) is 13.2 Å². The Hall–Kier alpha value is -1.58. The number of carbonyl (C=O) groups is 2. The highest BCUT2D eigenvalue weighted by atomic mass is 16.6. The van der Waals surface area contributed by atoms with Crippen molar-refractivity contribution in [1.82, 2.24) is 0 Å². The molecule has 0 unspecified atom stereocenters. The number of rotatable bonds is 23.